The second-order valence-corrected chi connectivity index (χ2v) is 6.97. The largest absolute Gasteiger partial charge is 0.352 e. The predicted octanol–water partition coefficient (Wildman–Crippen LogP) is 3.16. The second kappa shape index (κ2) is 8.40. The summed E-state index contributed by atoms with van der Waals surface area (Å²) in [4.78, 5) is 20.5. The molecule has 1 saturated heterocycles. The molecule has 2 aromatic heterocycles. The molecule has 0 atom stereocenters. The first-order valence-electron chi connectivity index (χ1n) is 9.53. The number of rotatable bonds is 4. The van der Waals surface area contributed by atoms with E-state index < -0.39 is 11.6 Å². The molecular weight excluding hydrogens is 390 g/mol. The fraction of sp³-hybridized carbons (Fsp3) is 0.238. The SMILES string of the molecule is Cc1cccc(Nc2ccc(N3CCN(C(=O)c4ccc(F)c(F)c4)CC3)nn2)n1. The standard InChI is InChI=1S/C21H20F2N6O/c1-14-3-2-4-18(24-14)25-19-7-8-20(27-26-19)28-9-11-29(12-10-28)21(30)15-5-6-16(22)17(23)13-15/h2-8,13H,9-12H2,1H3,(H,24,25,26). The maximum atomic E-state index is 13.4. The van der Waals surface area contributed by atoms with Crippen molar-refractivity contribution in [2.45, 2.75) is 6.92 Å². The molecule has 1 amide bonds. The molecule has 9 heteroatoms. The van der Waals surface area contributed by atoms with Crippen molar-refractivity contribution in [1.29, 1.82) is 0 Å². The molecule has 0 bridgehead atoms. The second-order valence-electron chi connectivity index (χ2n) is 6.97. The summed E-state index contributed by atoms with van der Waals surface area (Å²) < 4.78 is 26.5. The van der Waals surface area contributed by atoms with Crippen LogP contribution in [0.5, 0.6) is 0 Å². The van der Waals surface area contributed by atoms with Gasteiger partial charge in [-0.25, -0.2) is 13.8 Å². The lowest BCUT2D eigenvalue weighted by atomic mass is 10.1. The number of halogens is 2. The van der Waals surface area contributed by atoms with Gasteiger partial charge in [-0.2, -0.15) is 0 Å². The van der Waals surface area contributed by atoms with E-state index >= 15 is 0 Å². The summed E-state index contributed by atoms with van der Waals surface area (Å²) in [5, 5.41) is 11.6. The highest BCUT2D eigenvalue weighted by Gasteiger charge is 2.23. The minimum absolute atomic E-state index is 0.141. The van der Waals surface area contributed by atoms with E-state index in [1.165, 1.54) is 6.07 Å². The highest BCUT2D eigenvalue weighted by atomic mass is 19.2. The van der Waals surface area contributed by atoms with Crippen molar-refractivity contribution in [3.05, 3.63) is 71.4 Å². The Morgan fingerprint density at radius 2 is 1.73 bits per heavy atom. The van der Waals surface area contributed by atoms with Gasteiger partial charge in [0.25, 0.3) is 5.91 Å². The summed E-state index contributed by atoms with van der Waals surface area (Å²) in [6, 6.07) is 12.6. The van der Waals surface area contributed by atoms with Gasteiger partial charge in [0.1, 0.15) is 5.82 Å². The summed E-state index contributed by atoms with van der Waals surface area (Å²) in [5.74, 6) is -0.316. The van der Waals surface area contributed by atoms with Crippen LogP contribution in [0.1, 0.15) is 16.1 Å². The van der Waals surface area contributed by atoms with Crippen LogP contribution in [-0.2, 0) is 0 Å². The van der Waals surface area contributed by atoms with Gasteiger partial charge in [0, 0.05) is 37.4 Å². The van der Waals surface area contributed by atoms with Crippen molar-refractivity contribution < 1.29 is 13.6 Å². The molecule has 1 aliphatic rings. The van der Waals surface area contributed by atoms with E-state index in [2.05, 4.69) is 20.5 Å². The van der Waals surface area contributed by atoms with Gasteiger partial charge in [0.2, 0.25) is 0 Å². The monoisotopic (exact) mass is 410 g/mol. The number of carbonyl (C=O) groups is 1. The molecule has 154 valence electrons. The minimum Gasteiger partial charge on any atom is -0.352 e. The molecule has 0 spiro atoms. The molecule has 1 N–H and O–H groups in total. The average molecular weight is 410 g/mol. The number of hydrogen-bond acceptors (Lipinski definition) is 6. The lowest BCUT2D eigenvalue weighted by Gasteiger charge is -2.35. The zero-order valence-electron chi connectivity index (χ0n) is 16.3. The predicted molar refractivity (Wildman–Crippen MR) is 109 cm³/mol. The van der Waals surface area contributed by atoms with E-state index in [0.29, 0.717) is 43.6 Å². The number of nitrogens with zero attached hydrogens (tertiary/aromatic N) is 5. The van der Waals surface area contributed by atoms with Crippen molar-refractivity contribution in [2.75, 3.05) is 36.4 Å². The first-order chi connectivity index (χ1) is 14.5. The Kier molecular flexibility index (Phi) is 5.51. The van der Waals surface area contributed by atoms with Crippen LogP contribution in [0.3, 0.4) is 0 Å². The molecule has 30 heavy (non-hydrogen) atoms. The Morgan fingerprint density at radius 1 is 0.933 bits per heavy atom. The van der Waals surface area contributed by atoms with Crippen LogP contribution >= 0.6 is 0 Å². The van der Waals surface area contributed by atoms with Crippen LogP contribution in [0.2, 0.25) is 0 Å². The molecule has 4 rings (SSSR count). The van der Waals surface area contributed by atoms with Crippen LogP contribution in [0.25, 0.3) is 0 Å². The molecule has 0 radical (unpaired) electrons. The summed E-state index contributed by atoms with van der Waals surface area (Å²) >= 11 is 0. The van der Waals surface area contributed by atoms with Crippen LogP contribution in [0.4, 0.5) is 26.2 Å². The van der Waals surface area contributed by atoms with Gasteiger partial charge in [-0.1, -0.05) is 6.07 Å². The first-order valence-corrected chi connectivity index (χ1v) is 9.53. The minimum atomic E-state index is -1.02. The molecule has 1 aromatic carbocycles. The van der Waals surface area contributed by atoms with Crippen LogP contribution in [-0.4, -0.2) is 52.2 Å². The lowest BCUT2D eigenvalue weighted by molar-refractivity contribution is 0.0746. The van der Waals surface area contributed by atoms with E-state index in [9.17, 15) is 13.6 Å². The molecule has 0 saturated carbocycles. The maximum Gasteiger partial charge on any atom is 0.254 e. The number of hydrogen-bond donors (Lipinski definition) is 1. The molecule has 1 aliphatic heterocycles. The molecular formula is C21H20F2N6O. The van der Waals surface area contributed by atoms with Crippen molar-refractivity contribution in [3.63, 3.8) is 0 Å². The van der Waals surface area contributed by atoms with E-state index in [0.717, 1.165) is 17.8 Å². The van der Waals surface area contributed by atoms with E-state index in [1.807, 2.05) is 42.2 Å². The maximum absolute atomic E-state index is 13.4. The Hall–Kier alpha value is -3.62. The Labute approximate surface area is 172 Å². The normalized spacial score (nSPS) is 14.0. The van der Waals surface area contributed by atoms with Crippen molar-refractivity contribution in [1.82, 2.24) is 20.1 Å². The topological polar surface area (TPSA) is 74.2 Å². The molecule has 7 nitrogen and oxygen atoms in total. The Bertz CT molecular complexity index is 1050. The number of benzene rings is 1. The number of nitrogens with one attached hydrogen (secondary N) is 1. The van der Waals surface area contributed by atoms with Gasteiger partial charge >= 0.3 is 0 Å². The third-order valence-electron chi connectivity index (χ3n) is 4.85. The van der Waals surface area contributed by atoms with Gasteiger partial charge in [0.15, 0.2) is 23.3 Å². The number of anilines is 3. The molecule has 1 fully saturated rings. The summed E-state index contributed by atoms with van der Waals surface area (Å²) in [6.07, 6.45) is 0. The fourth-order valence-corrected chi connectivity index (χ4v) is 3.25. The van der Waals surface area contributed by atoms with Gasteiger partial charge in [-0.3, -0.25) is 4.79 Å². The number of pyridine rings is 1. The zero-order chi connectivity index (χ0) is 21.1. The third kappa shape index (κ3) is 4.35. The van der Waals surface area contributed by atoms with Crippen LogP contribution in [0, 0.1) is 18.6 Å². The molecule has 3 aromatic rings. The highest BCUT2D eigenvalue weighted by Crippen LogP contribution is 2.18. The quantitative estimate of drug-likeness (QED) is 0.712. The van der Waals surface area contributed by atoms with Crippen molar-refractivity contribution in [3.8, 4) is 0 Å². The summed E-state index contributed by atoms with van der Waals surface area (Å²) in [5.41, 5.74) is 1.04. The van der Waals surface area contributed by atoms with E-state index in [4.69, 9.17) is 0 Å². The van der Waals surface area contributed by atoms with E-state index in [1.54, 1.807) is 4.90 Å². The lowest BCUT2D eigenvalue weighted by Crippen LogP contribution is -2.49. The van der Waals surface area contributed by atoms with Gasteiger partial charge in [-0.15, -0.1) is 10.2 Å². The molecule has 0 aliphatic carbocycles. The Balaban J connectivity index is 1.35. The summed E-state index contributed by atoms with van der Waals surface area (Å²) in [6.45, 7) is 3.95. The highest BCUT2D eigenvalue weighted by molar-refractivity contribution is 5.94. The van der Waals surface area contributed by atoms with Crippen molar-refractivity contribution >= 4 is 23.4 Å². The smallest absolute Gasteiger partial charge is 0.254 e. The van der Waals surface area contributed by atoms with Crippen molar-refractivity contribution in [2.24, 2.45) is 0 Å². The number of aromatic nitrogens is 3. The first kappa shape index (κ1) is 19.7. The number of piperazine rings is 1. The molecule has 0 unspecified atom stereocenters. The van der Waals surface area contributed by atoms with E-state index in [-0.39, 0.29) is 11.5 Å². The Morgan fingerprint density at radius 3 is 2.40 bits per heavy atom. The van der Waals surface area contributed by atoms with Gasteiger partial charge in [0.05, 0.1) is 0 Å². The van der Waals surface area contributed by atoms with Gasteiger partial charge < -0.3 is 15.1 Å². The third-order valence-corrected chi connectivity index (χ3v) is 4.85. The number of amides is 1. The number of carbonyl (C=O) groups excluding carboxylic acids is 1. The fourth-order valence-electron chi connectivity index (χ4n) is 3.25. The summed E-state index contributed by atoms with van der Waals surface area (Å²) in [7, 11) is 0. The van der Waals surface area contributed by atoms with Crippen LogP contribution in [0.15, 0.2) is 48.5 Å². The zero-order valence-corrected chi connectivity index (χ0v) is 16.3. The van der Waals surface area contributed by atoms with Gasteiger partial charge in [-0.05, 0) is 49.4 Å². The molecule has 3 heterocycles. The number of aryl methyl sites for hydroxylation is 1. The van der Waals surface area contributed by atoms with Crippen LogP contribution < -0.4 is 10.2 Å². The average Bonchev–Trinajstić information content (AvgIpc) is 2.76.